The Labute approximate surface area is 324 Å². The van der Waals surface area contributed by atoms with Crippen LogP contribution in [0.5, 0.6) is 40.2 Å². The Balaban J connectivity index is 1.32. The zero-order valence-electron chi connectivity index (χ0n) is 31.9. The van der Waals surface area contributed by atoms with Gasteiger partial charge < -0.3 is 28.8 Å². The number of nitrogens with zero attached hydrogens (tertiary/aromatic N) is 2. The van der Waals surface area contributed by atoms with E-state index in [4.69, 9.17) is 23.7 Å². The van der Waals surface area contributed by atoms with Crippen LogP contribution in [-0.2, 0) is 45.1 Å². The molecule has 56 heavy (non-hydrogen) atoms. The number of benzene rings is 5. The van der Waals surface area contributed by atoms with Crippen molar-refractivity contribution in [1.29, 1.82) is 0 Å². The van der Waals surface area contributed by atoms with Gasteiger partial charge in [-0.05, 0) is 128 Å². The number of fused-ring (bicyclic) bond motifs is 2. The van der Waals surface area contributed by atoms with E-state index in [0.717, 1.165) is 71.4 Å². The quantitative estimate of drug-likeness (QED) is 0.184. The van der Waals surface area contributed by atoms with Gasteiger partial charge in [0.25, 0.3) is 0 Å². The molecule has 4 aliphatic heterocycles. The van der Waals surface area contributed by atoms with Gasteiger partial charge in [0, 0.05) is 36.3 Å². The van der Waals surface area contributed by atoms with Crippen molar-refractivity contribution in [3.05, 3.63) is 135 Å². The summed E-state index contributed by atoms with van der Waals surface area (Å²) >= 11 is 0. The summed E-state index contributed by atoms with van der Waals surface area (Å²) in [5, 5.41) is 10.8. The lowest BCUT2D eigenvalue weighted by atomic mass is 9.86. The van der Waals surface area contributed by atoms with Gasteiger partial charge in [-0.3, -0.25) is 9.80 Å². The van der Waals surface area contributed by atoms with Gasteiger partial charge in [-0.15, -0.1) is 0 Å². The van der Waals surface area contributed by atoms with Crippen LogP contribution in [0.3, 0.4) is 0 Å². The summed E-state index contributed by atoms with van der Waals surface area (Å²) in [6.45, 7) is 1.36. The second-order valence-corrected chi connectivity index (χ2v) is 14.8. The first-order chi connectivity index (χ1) is 27.0. The predicted octanol–water partition coefficient (Wildman–Crippen LogP) is 9.24. The van der Waals surface area contributed by atoms with Gasteiger partial charge in [0.15, 0.2) is 23.0 Å². The van der Waals surface area contributed by atoms with Crippen LogP contribution in [0.25, 0.3) is 0 Å². The van der Waals surface area contributed by atoms with Crippen molar-refractivity contribution >= 4 is 0 Å². The summed E-state index contributed by atoms with van der Waals surface area (Å²) in [7, 11) is 7.40. The Kier molecular flexibility index (Phi) is 10.3. The molecule has 0 fully saturated rings. The Morgan fingerprint density at radius 3 is 2.11 bits per heavy atom. The monoisotopic (exact) mass is 766 g/mol. The van der Waals surface area contributed by atoms with Crippen LogP contribution in [0, 0.1) is 0 Å². The van der Waals surface area contributed by atoms with Crippen LogP contribution >= 0.6 is 0 Å². The van der Waals surface area contributed by atoms with Crippen LogP contribution < -0.4 is 23.7 Å². The lowest BCUT2D eigenvalue weighted by Gasteiger charge is -2.37. The molecule has 5 aromatic rings. The molecular formula is C45H45F3N2O6. The first-order valence-electron chi connectivity index (χ1n) is 18.8. The number of likely N-dealkylation sites (N-methyl/N-ethyl adjacent to an activating group) is 2. The highest BCUT2D eigenvalue weighted by Crippen LogP contribution is 2.51. The van der Waals surface area contributed by atoms with E-state index in [2.05, 4.69) is 48.2 Å². The van der Waals surface area contributed by atoms with Crippen molar-refractivity contribution in [2.24, 2.45) is 0 Å². The van der Waals surface area contributed by atoms with Crippen molar-refractivity contribution in [3.63, 3.8) is 0 Å². The lowest BCUT2D eigenvalue weighted by Crippen LogP contribution is -2.34. The number of aliphatic hydroxyl groups excluding tert-OH is 1. The van der Waals surface area contributed by atoms with E-state index in [1.165, 1.54) is 12.1 Å². The van der Waals surface area contributed by atoms with E-state index in [1.807, 2.05) is 36.4 Å². The molecule has 1 N–H and O–H groups in total. The molecule has 0 unspecified atom stereocenters. The van der Waals surface area contributed by atoms with Crippen molar-refractivity contribution in [2.45, 2.75) is 57.2 Å². The second-order valence-electron chi connectivity index (χ2n) is 14.8. The standard InChI is InChI=1S/C45H45F3N2O6/c1-49-17-15-30-22-32(25-51)39-24-35(30)36(49)19-27-7-12-34(13-8-27)55-40-21-29(9-14-38(40)52-3)20-37-42-31(16-18-50(37)2)23-41(53-4)43(44(42)56-39)54-26-28-5-10-33(11-6-28)45(46,47)48/h5-14,21-24,36-37,51H,15-20,25-26H2,1-4H3/t36-,37-/m0/s1. The highest BCUT2D eigenvalue weighted by Gasteiger charge is 2.35. The maximum absolute atomic E-state index is 13.4. The lowest BCUT2D eigenvalue weighted by molar-refractivity contribution is -0.137. The fourth-order valence-corrected chi connectivity index (χ4v) is 8.22. The van der Waals surface area contributed by atoms with Crippen LogP contribution in [0.1, 0.15) is 62.2 Å². The predicted molar refractivity (Wildman–Crippen MR) is 206 cm³/mol. The van der Waals surface area contributed by atoms with Gasteiger partial charge in [-0.2, -0.15) is 13.2 Å². The van der Waals surface area contributed by atoms with Crippen LogP contribution in [0.2, 0.25) is 0 Å². The summed E-state index contributed by atoms with van der Waals surface area (Å²) in [6.07, 6.45) is -1.60. The van der Waals surface area contributed by atoms with Gasteiger partial charge in [-0.25, -0.2) is 0 Å². The molecule has 0 spiro atoms. The van der Waals surface area contributed by atoms with E-state index in [1.54, 1.807) is 14.2 Å². The number of halogens is 3. The van der Waals surface area contributed by atoms with E-state index in [9.17, 15) is 18.3 Å². The van der Waals surface area contributed by atoms with Crippen LogP contribution in [-0.4, -0.2) is 56.3 Å². The minimum atomic E-state index is -4.45. The third-order valence-corrected chi connectivity index (χ3v) is 11.4. The Morgan fingerprint density at radius 2 is 1.41 bits per heavy atom. The molecule has 292 valence electrons. The molecule has 0 saturated heterocycles. The smallest absolute Gasteiger partial charge is 0.416 e. The molecule has 6 bridgehead atoms. The Hall–Kier alpha value is -5.23. The number of hydrogen-bond donors (Lipinski definition) is 1. The number of alkyl halides is 3. The maximum Gasteiger partial charge on any atom is 0.416 e. The fourth-order valence-electron chi connectivity index (χ4n) is 8.22. The average molecular weight is 767 g/mol. The molecular weight excluding hydrogens is 721 g/mol. The third kappa shape index (κ3) is 7.38. The minimum absolute atomic E-state index is 0.0322. The molecule has 0 aliphatic carbocycles. The number of aliphatic hydroxyl groups is 1. The molecule has 5 aromatic carbocycles. The molecule has 9 rings (SSSR count). The summed E-state index contributed by atoms with van der Waals surface area (Å²) < 4.78 is 72.0. The molecule has 2 atom stereocenters. The second kappa shape index (κ2) is 15.4. The SMILES string of the molecule is COc1ccc2cc1Oc1ccc(cc1)C[C@H]1c3cc(c(CO)cc3CCN1C)Oc1c(OCc3ccc(C(F)(F)F)cc3)c(OC)cc3c1[C@H](C2)N(C)CC3. The molecule has 4 aliphatic rings. The Bertz CT molecular complexity index is 2220. The van der Waals surface area contributed by atoms with Gasteiger partial charge >= 0.3 is 6.18 Å². The van der Waals surface area contributed by atoms with Gasteiger partial charge in [0.1, 0.15) is 18.1 Å². The highest BCUT2D eigenvalue weighted by molar-refractivity contribution is 5.63. The number of ether oxygens (including phenoxy) is 5. The third-order valence-electron chi connectivity index (χ3n) is 11.4. The molecule has 8 nitrogen and oxygen atoms in total. The van der Waals surface area contributed by atoms with E-state index in [0.29, 0.717) is 64.2 Å². The first kappa shape index (κ1) is 37.7. The van der Waals surface area contributed by atoms with Crippen molar-refractivity contribution in [3.8, 4) is 40.2 Å². The zero-order valence-corrected chi connectivity index (χ0v) is 31.9. The van der Waals surface area contributed by atoms with Crippen LogP contribution in [0.15, 0.2) is 84.9 Å². The van der Waals surface area contributed by atoms with E-state index < -0.39 is 11.7 Å². The summed E-state index contributed by atoms with van der Waals surface area (Å²) in [6, 6.07) is 25.0. The molecule has 0 saturated carbocycles. The zero-order chi connectivity index (χ0) is 39.1. The van der Waals surface area contributed by atoms with Crippen molar-refractivity contribution in [1.82, 2.24) is 9.80 Å². The van der Waals surface area contributed by atoms with Gasteiger partial charge in [0.2, 0.25) is 5.75 Å². The molecule has 4 heterocycles. The summed E-state index contributed by atoms with van der Waals surface area (Å²) in [5.41, 5.74) is 6.83. The molecule has 0 aromatic heterocycles. The maximum atomic E-state index is 13.4. The minimum Gasteiger partial charge on any atom is -0.493 e. The Morgan fingerprint density at radius 1 is 0.732 bits per heavy atom. The number of hydrogen-bond acceptors (Lipinski definition) is 8. The average Bonchev–Trinajstić information content (AvgIpc) is 3.19. The topological polar surface area (TPSA) is 72.9 Å². The van der Waals surface area contributed by atoms with Crippen molar-refractivity contribution in [2.75, 3.05) is 41.4 Å². The number of methoxy groups -OCH3 is 2. The van der Waals surface area contributed by atoms with Crippen molar-refractivity contribution < 1.29 is 42.0 Å². The van der Waals surface area contributed by atoms with Crippen LogP contribution in [0.4, 0.5) is 13.2 Å². The fraction of sp³-hybridized carbons (Fsp3) is 0.333. The molecule has 0 amide bonds. The number of rotatable bonds is 6. The first-order valence-corrected chi connectivity index (χ1v) is 18.8. The summed E-state index contributed by atoms with van der Waals surface area (Å²) in [5.74, 6) is 3.64. The van der Waals surface area contributed by atoms with Gasteiger partial charge in [-0.1, -0.05) is 30.3 Å². The molecule has 0 radical (unpaired) electrons. The molecule has 11 heteroatoms. The van der Waals surface area contributed by atoms with E-state index >= 15 is 0 Å². The van der Waals surface area contributed by atoms with Gasteiger partial charge in [0.05, 0.1) is 26.4 Å². The summed E-state index contributed by atoms with van der Waals surface area (Å²) in [4.78, 5) is 4.63. The normalized spacial score (nSPS) is 18.2. The van der Waals surface area contributed by atoms with E-state index in [-0.39, 0.29) is 25.3 Å². The largest absolute Gasteiger partial charge is 0.493 e. The highest BCUT2D eigenvalue weighted by atomic mass is 19.4.